The zero-order valence-electron chi connectivity index (χ0n) is 10.2. The fourth-order valence-electron chi connectivity index (χ4n) is 1.54. The molecule has 0 saturated heterocycles. The monoisotopic (exact) mass is 253 g/mol. The van der Waals surface area contributed by atoms with Crippen LogP contribution in [0.15, 0.2) is 24.3 Å². The van der Waals surface area contributed by atoms with E-state index in [2.05, 4.69) is 0 Å². The first-order valence-corrected chi connectivity index (χ1v) is 5.87. The number of alkyl halides is 1. The van der Waals surface area contributed by atoms with Crippen molar-refractivity contribution < 1.29 is 14.2 Å². The molecule has 0 heterocycles. The van der Waals surface area contributed by atoms with Gasteiger partial charge in [0, 0.05) is 6.42 Å². The largest absolute Gasteiger partial charge is 0.388 e. The number of rotatable bonds is 8. The number of aliphatic hydroxyl groups excluding tert-OH is 1. The Balaban J connectivity index is 2.45. The number of hydrogen-bond donors (Lipinski definition) is 3. The Morgan fingerprint density at radius 2 is 2.06 bits per heavy atom. The smallest absolute Gasteiger partial charge is 0.113 e. The average molecular weight is 253 g/mol. The lowest BCUT2D eigenvalue weighted by Crippen LogP contribution is -2.11. The highest BCUT2D eigenvalue weighted by atomic mass is 18.2. The van der Waals surface area contributed by atoms with Crippen LogP contribution in [0.1, 0.15) is 30.1 Å². The molecule has 0 aliphatic rings. The Kier molecular flexibility index (Phi) is 6.32. The van der Waals surface area contributed by atoms with Gasteiger partial charge in [0.15, 0.2) is 0 Å². The molecule has 1 unspecified atom stereocenters. The van der Waals surface area contributed by atoms with Gasteiger partial charge >= 0.3 is 0 Å². The normalized spacial score (nSPS) is 12.3. The lowest BCUT2D eigenvalue weighted by atomic mass is 10.0. The Bertz CT molecular complexity index is 368. The second-order valence-corrected chi connectivity index (χ2v) is 4.06. The molecule has 0 saturated carbocycles. The van der Waals surface area contributed by atoms with Crippen molar-refractivity contribution in [1.29, 1.82) is 5.41 Å². The fraction of sp³-hybridized carbons (Fsp3) is 0.462. The molecule has 4 N–H and O–H groups in total. The van der Waals surface area contributed by atoms with Crippen molar-refractivity contribution in [3.8, 4) is 0 Å². The molecule has 1 rings (SSSR count). The minimum atomic E-state index is -0.616. The predicted octanol–water partition coefficient (Wildman–Crippen LogP) is 1.92. The van der Waals surface area contributed by atoms with E-state index in [4.69, 9.17) is 15.9 Å². The van der Waals surface area contributed by atoms with Crippen LogP contribution in [-0.2, 0) is 11.3 Å². The van der Waals surface area contributed by atoms with E-state index in [9.17, 15) is 9.50 Å². The fourth-order valence-corrected chi connectivity index (χ4v) is 1.54. The minimum Gasteiger partial charge on any atom is -0.388 e. The van der Waals surface area contributed by atoms with Gasteiger partial charge in [0.1, 0.15) is 6.67 Å². The summed E-state index contributed by atoms with van der Waals surface area (Å²) in [6.07, 6.45) is 0.199. The molecule has 5 heteroatoms. The van der Waals surface area contributed by atoms with Crippen molar-refractivity contribution in [2.75, 3.05) is 13.3 Å². The van der Waals surface area contributed by atoms with E-state index < -0.39 is 12.8 Å². The number of hydrogen-bond acceptors (Lipinski definition) is 3. The van der Waals surface area contributed by atoms with E-state index in [0.717, 1.165) is 11.1 Å². The van der Waals surface area contributed by atoms with Gasteiger partial charge in [-0.1, -0.05) is 24.3 Å². The van der Waals surface area contributed by atoms with Crippen LogP contribution in [0.2, 0.25) is 0 Å². The third-order valence-corrected chi connectivity index (χ3v) is 2.54. The molecule has 0 aromatic heterocycles. The molecule has 18 heavy (non-hydrogen) atoms. The summed E-state index contributed by atoms with van der Waals surface area (Å²) < 4.78 is 16.9. The minimum absolute atomic E-state index is 0.0743. The van der Waals surface area contributed by atoms with Gasteiger partial charge in [0.05, 0.1) is 25.2 Å². The van der Waals surface area contributed by atoms with Gasteiger partial charge in [-0.15, -0.1) is 0 Å². The van der Waals surface area contributed by atoms with Gasteiger partial charge in [0.2, 0.25) is 0 Å². The molecule has 0 fully saturated rings. The zero-order valence-corrected chi connectivity index (χ0v) is 10.2. The SMILES string of the molecule is N=C(N)CCC(O)c1ccc(COCC[18F])cc1. The molecule has 100 valence electrons. The van der Waals surface area contributed by atoms with E-state index in [1.165, 1.54) is 0 Å². The van der Waals surface area contributed by atoms with E-state index in [-0.39, 0.29) is 12.4 Å². The van der Waals surface area contributed by atoms with Gasteiger partial charge in [-0.2, -0.15) is 0 Å². The Morgan fingerprint density at radius 3 is 2.61 bits per heavy atom. The van der Waals surface area contributed by atoms with E-state index in [1.807, 2.05) is 12.1 Å². The van der Waals surface area contributed by atoms with Gasteiger partial charge in [-0.25, -0.2) is 4.39 Å². The number of nitrogens with two attached hydrogens (primary N) is 1. The molecule has 0 aliphatic carbocycles. The van der Waals surface area contributed by atoms with Gasteiger partial charge < -0.3 is 15.6 Å². The topological polar surface area (TPSA) is 79.3 Å². The molecule has 1 aromatic rings. The first kappa shape index (κ1) is 14.6. The van der Waals surface area contributed by atoms with Gasteiger partial charge in [-0.05, 0) is 17.5 Å². The summed E-state index contributed by atoms with van der Waals surface area (Å²) >= 11 is 0. The number of amidine groups is 1. The van der Waals surface area contributed by atoms with Crippen LogP contribution in [0.4, 0.5) is 4.39 Å². The van der Waals surface area contributed by atoms with Crippen LogP contribution in [0.5, 0.6) is 0 Å². The van der Waals surface area contributed by atoms with Gasteiger partial charge in [-0.3, -0.25) is 5.41 Å². The van der Waals surface area contributed by atoms with Crippen molar-refractivity contribution >= 4 is 5.84 Å². The number of ether oxygens (including phenoxy) is 1. The van der Waals surface area contributed by atoms with Crippen molar-refractivity contribution in [3.63, 3.8) is 0 Å². The first-order chi connectivity index (χ1) is 8.63. The second-order valence-electron chi connectivity index (χ2n) is 4.06. The van der Waals surface area contributed by atoms with Crippen molar-refractivity contribution in [3.05, 3.63) is 35.4 Å². The van der Waals surface area contributed by atoms with E-state index in [1.54, 1.807) is 12.1 Å². The summed E-state index contributed by atoms with van der Waals surface area (Å²) in [5.74, 6) is 0.0743. The highest BCUT2D eigenvalue weighted by Crippen LogP contribution is 2.18. The summed E-state index contributed by atoms with van der Waals surface area (Å²) in [5, 5.41) is 16.9. The standard InChI is InChI=1S/C13H19FN2O2/c14-7-8-18-9-10-1-3-11(4-2-10)12(17)5-6-13(15)16/h1-4,12,17H,5-9H2,(H3,15,16)/i14-1. The van der Waals surface area contributed by atoms with Crippen LogP contribution in [0, 0.1) is 5.41 Å². The molecule has 0 aliphatic heterocycles. The van der Waals surface area contributed by atoms with Crippen molar-refractivity contribution in [1.82, 2.24) is 0 Å². The van der Waals surface area contributed by atoms with Crippen molar-refractivity contribution in [2.45, 2.75) is 25.6 Å². The molecule has 0 radical (unpaired) electrons. The average Bonchev–Trinajstić information content (AvgIpc) is 2.37. The van der Waals surface area contributed by atoms with E-state index >= 15 is 0 Å². The molecule has 0 spiro atoms. The summed E-state index contributed by atoms with van der Waals surface area (Å²) in [4.78, 5) is 0. The Morgan fingerprint density at radius 1 is 1.39 bits per heavy atom. The number of aliphatic hydroxyl groups is 1. The van der Waals surface area contributed by atoms with E-state index in [0.29, 0.717) is 19.4 Å². The van der Waals surface area contributed by atoms with Crippen molar-refractivity contribution in [2.24, 2.45) is 5.73 Å². The maximum absolute atomic E-state index is 11.8. The number of benzene rings is 1. The highest BCUT2D eigenvalue weighted by molar-refractivity contribution is 5.76. The molecule has 0 bridgehead atoms. The van der Waals surface area contributed by atoms with Crippen LogP contribution in [-0.4, -0.2) is 24.2 Å². The molecule has 4 nitrogen and oxygen atoms in total. The lowest BCUT2D eigenvalue weighted by molar-refractivity contribution is 0.106. The van der Waals surface area contributed by atoms with Crippen LogP contribution in [0.25, 0.3) is 0 Å². The molecule has 0 amide bonds. The quantitative estimate of drug-likeness (QED) is 0.376. The maximum atomic E-state index is 11.8. The summed E-state index contributed by atoms with van der Waals surface area (Å²) in [6, 6.07) is 7.28. The van der Waals surface area contributed by atoms with Gasteiger partial charge in [0.25, 0.3) is 0 Å². The molecule has 1 atom stereocenters. The molecular formula is C13H19FN2O2. The van der Waals surface area contributed by atoms with Crippen LogP contribution in [0.3, 0.4) is 0 Å². The molecular weight excluding hydrogens is 234 g/mol. The van der Waals surface area contributed by atoms with Crippen LogP contribution >= 0.6 is 0 Å². The zero-order chi connectivity index (χ0) is 13.4. The predicted molar refractivity (Wildman–Crippen MR) is 68.2 cm³/mol. The Labute approximate surface area is 106 Å². The first-order valence-electron chi connectivity index (χ1n) is 5.87. The third kappa shape index (κ3) is 5.25. The summed E-state index contributed by atoms with van der Waals surface area (Å²) in [7, 11) is 0. The third-order valence-electron chi connectivity index (χ3n) is 2.54. The highest BCUT2D eigenvalue weighted by Gasteiger charge is 2.07. The number of nitrogens with one attached hydrogen (secondary N) is 1. The number of halogens is 1. The second kappa shape index (κ2) is 7.79. The molecule has 1 aromatic carbocycles. The summed E-state index contributed by atoms with van der Waals surface area (Å²) in [6.45, 7) is -0.0153. The lowest BCUT2D eigenvalue weighted by Gasteiger charge is -2.11. The maximum Gasteiger partial charge on any atom is 0.113 e. The van der Waals surface area contributed by atoms with Crippen LogP contribution < -0.4 is 5.73 Å². The summed E-state index contributed by atoms with van der Waals surface area (Å²) in [5.41, 5.74) is 6.95. The Hall–Kier alpha value is -1.46.